The van der Waals surface area contributed by atoms with E-state index in [1.54, 1.807) is 6.92 Å². The van der Waals surface area contributed by atoms with Gasteiger partial charge in [0.25, 0.3) is 0 Å². The van der Waals surface area contributed by atoms with E-state index in [4.69, 9.17) is 20.1 Å². The van der Waals surface area contributed by atoms with Gasteiger partial charge in [0, 0.05) is 13.5 Å². The summed E-state index contributed by atoms with van der Waals surface area (Å²) in [5.41, 5.74) is 0. The number of methoxy groups -OCH3 is 1. The molecule has 62 valence electrons. The first-order valence-electron chi connectivity index (χ1n) is 3.15. The summed E-state index contributed by atoms with van der Waals surface area (Å²) in [5, 5.41) is 25.7. The molecule has 0 aromatic rings. The van der Waals surface area contributed by atoms with Crippen LogP contribution in [0.25, 0.3) is 0 Å². The Morgan fingerprint density at radius 1 is 1.30 bits per heavy atom. The number of aliphatic hydroxyl groups excluding tert-OH is 2. The molecule has 0 aromatic carbocycles. The average molecular weight is 150 g/mol. The van der Waals surface area contributed by atoms with Gasteiger partial charge < -0.3 is 20.1 Å². The quantitative estimate of drug-likeness (QED) is 0.453. The van der Waals surface area contributed by atoms with Gasteiger partial charge in [-0.1, -0.05) is 0 Å². The molecule has 0 saturated carbocycles. The number of aliphatic hydroxyl groups is 3. The maximum atomic E-state index is 8.85. The molecule has 0 bridgehead atoms. The van der Waals surface area contributed by atoms with Crippen molar-refractivity contribution in [3.8, 4) is 0 Å². The molecule has 4 heteroatoms. The second-order valence-electron chi connectivity index (χ2n) is 2.26. The lowest BCUT2D eigenvalue weighted by molar-refractivity contribution is -0.133. The van der Waals surface area contributed by atoms with Crippen LogP contribution in [-0.2, 0) is 4.74 Å². The zero-order valence-corrected chi connectivity index (χ0v) is 6.19. The molecule has 0 amide bonds. The molecular weight excluding hydrogens is 136 g/mol. The van der Waals surface area contributed by atoms with Gasteiger partial charge in [-0.05, 0) is 6.92 Å². The van der Waals surface area contributed by atoms with Crippen molar-refractivity contribution in [1.29, 1.82) is 0 Å². The average Bonchev–Trinajstić information content (AvgIpc) is 1.87. The standard InChI is InChI=1S/C6H14O4/c1-4(10-2)3-5(7)6(8)9/h4-9H,3H2,1-2H3. The van der Waals surface area contributed by atoms with Crippen LogP contribution in [0.4, 0.5) is 0 Å². The van der Waals surface area contributed by atoms with Crippen LogP contribution in [0.1, 0.15) is 13.3 Å². The van der Waals surface area contributed by atoms with Crippen LogP contribution in [0.3, 0.4) is 0 Å². The first-order valence-corrected chi connectivity index (χ1v) is 3.15. The highest BCUT2D eigenvalue weighted by molar-refractivity contribution is 4.61. The third-order valence-electron chi connectivity index (χ3n) is 1.32. The van der Waals surface area contributed by atoms with Gasteiger partial charge in [-0.25, -0.2) is 0 Å². The van der Waals surface area contributed by atoms with Gasteiger partial charge in [0.05, 0.1) is 6.10 Å². The molecule has 0 aromatic heterocycles. The Morgan fingerprint density at radius 3 is 2.10 bits per heavy atom. The summed E-state index contributed by atoms with van der Waals surface area (Å²) in [6.07, 6.45) is -2.71. The summed E-state index contributed by atoms with van der Waals surface area (Å²) in [6, 6.07) is 0. The summed E-state index contributed by atoms with van der Waals surface area (Å²) in [7, 11) is 1.50. The zero-order valence-electron chi connectivity index (χ0n) is 6.19. The highest BCUT2D eigenvalue weighted by Gasteiger charge is 2.15. The fourth-order valence-electron chi connectivity index (χ4n) is 0.558. The molecule has 0 aliphatic heterocycles. The molecule has 3 N–H and O–H groups in total. The van der Waals surface area contributed by atoms with Crippen molar-refractivity contribution in [3.63, 3.8) is 0 Å². The lowest BCUT2D eigenvalue weighted by Gasteiger charge is -2.15. The minimum Gasteiger partial charge on any atom is -0.388 e. The van der Waals surface area contributed by atoms with Crippen molar-refractivity contribution in [2.75, 3.05) is 7.11 Å². The minimum atomic E-state index is -1.67. The van der Waals surface area contributed by atoms with Crippen molar-refractivity contribution in [3.05, 3.63) is 0 Å². The predicted molar refractivity (Wildman–Crippen MR) is 35.3 cm³/mol. The van der Waals surface area contributed by atoms with E-state index >= 15 is 0 Å². The maximum absolute atomic E-state index is 8.85. The fraction of sp³-hybridized carbons (Fsp3) is 1.00. The lowest BCUT2D eigenvalue weighted by Crippen LogP contribution is -2.29. The van der Waals surface area contributed by atoms with E-state index < -0.39 is 12.4 Å². The van der Waals surface area contributed by atoms with E-state index in [9.17, 15) is 0 Å². The summed E-state index contributed by atoms with van der Waals surface area (Å²) in [4.78, 5) is 0. The van der Waals surface area contributed by atoms with Crippen molar-refractivity contribution in [2.45, 2.75) is 31.8 Å². The van der Waals surface area contributed by atoms with Crippen LogP contribution in [0, 0.1) is 0 Å². The number of rotatable bonds is 4. The van der Waals surface area contributed by atoms with E-state index in [1.165, 1.54) is 7.11 Å². The van der Waals surface area contributed by atoms with E-state index in [1.807, 2.05) is 0 Å². The van der Waals surface area contributed by atoms with Crippen LogP contribution in [0.2, 0.25) is 0 Å². The van der Waals surface area contributed by atoms with Gasteiger partial charge in [0.1, 0.15) is 6.10 Å². The number of hydrogen-bond acceptors (Lipinski definition) is 4. The summed E-state index contributed by atoms with van der Waals surface area (Å²) in [6.45, 7) is 1.74. The fourth-order valence-corrected chi connectivity index (χ4v) is 0.558. The summed E-state index contributed by atoms with van der Waals surface area (Å²) >= 11 is 0. The molecule has 10 heavy (non-hydrogen) atoms. The smallest absolute Gasteiger partial charge is 0.178 e. The third-order valence-corrected chi connectivity index (χ3v) is 1.32. The molecule has 0 fully saturated rings. The number of ether oxygens (including phenoxy) is 1. The maximum Gasteiger partial charge on any atom is 0.178 e. The van der Waals surface area contributed by atoms with Gasteiger partial charge in [-0.2, -0.15) is 0 Å². The van der Waals surface area contributed by atoms with Crippen molar-refractivity contribution in [2.24, 2.45) is 0 Å². The Morgan fingerprint density at radius 2 is 1.80 bits per heavy atom. The minimum absolute atomic E-state index is 0.156. The van der Waals surface area contributed by atoms with Gasteiger partial charge in [-0.15, -0.1) is 0 Å². The second-order valence-corrected chi connectivity index (χ2v) is 2.26. The Bertz CT molecular complexity index is 83.8. The SMILES string of the molecule is COC(C)CC(O)C(O)O. The molecule has 0 heterocycles. The summed E-state index contributed by atoms with van der Waals surface area (Å²) in [5.74, 6) is 0. The molecule has 0 radical (unpaired) electrons. The van der Waals surface area contributed by atoms with Crippen LogP contribution in [-0.4, -0.2) is 40.9 Å². The topological polar surface area (TPSA) is 69.9 Å². The molecule has 4 nitrogen and oxygen atoms in total. The van der Waals surface area contributed by atoms with Crippen molar-refractivity contribution < 1.29 is 20.1 Å². The molecule has 0 aliphatic rings. The lowest BCUT2D eigenvalue weighted by atomic mass is 10.2. The van der Waals surface area contributed by atoms with Gasteiger partial charge in [0.15, 0.2) is 6.29 Å². The van der Waals surface area contributed by atoms with Crippen LogP contribution in [0.5, 0.6) is 0 Å². The van der Waals surface area contributed by atoms with E-state index in [-0.39, 0.29) is 12.5 Å². The van der Waals surface area contributed by atoms with E-state index in [0.717, 1.165) is 0 Å². The third kappa shape index (κ3) is 3.79. The van der Waals surface area contributed by atoms with Crippen LogP contribution >= 0.6 is 0 Å². The molecule has 0 aliphatic carbocycles. The van der Waals surface area contributed by atoms with E-state index in [2.05, 4.69) is 0 Å². The van der Waals surface area contributed by atoms with Crippen molar-refractivity contribution >= 4 is 0 Å². The molecule has 0 spiro atoms. The highest BCUT2D eigenvalue weighted by Crippen LogP contribution is 2.02. The first-order chi connectivity index (χ1) is 4.57. The normalized spacial score (nSPS) is 17.4. The molecule has 2 unspecified atom stereocenters. The van der Waals surface area contributed by atoms with Gasteiger partial charge >= 0.3 is 0 Å². The van der Waals surface area contributed by atoms with Crippen LogP contribution in [0.15, 0.2) is 0 Å². The van der Waals surface area contributed by atoms with Crippen LogP contribution < -0.4 is 0 Å². The van der Waals surface area contributed by atoms with Gasteiger partial charge in [0.2, 0.25) is 0 Å². The molecular formula is C6H14O4. The molecule has 2 atom stereocenters. The Hall–Kier alpha value is -0.160. The predicted octanol–water partition coefficient (Wildman–Crippen LogP) is -0.917. The number of hydrogen-bond donors (Lipinski definition) is 3. The molecule has 0 saturated heterocycles. The Balaban J connectivity index is 3.46. The van der Waals surface area contributed by atoms with Gasteiger partial charge in [-0.3, -0.25) is 0 Å². The second kappa shape index (κ2) is 4.62. The summed E-state index contributed by atoms with van der Waals surface area (Å²) < 4.78 is 4.79. The van der Waals surface area contributed by atoms with E-state index in [0.29, 0.717) is 0 Å². The first kappa shape index (κ1) is 9.84. The Labute approximate surface area is 60.1 Å². The Kier molecular flexibility index (Phi) is 4.55. The molecule has 0 rings (SSSR count). The highest BCUT2D eigenvalue weighted by atomic mass is 16.5. The monoisotopic (exact) mass is 150 g/mol. The van der Waals surface area contributed by atoms with Crippen molar-refractivity contribution in [1.82, 2.24) is 0 Å². The largest absolute Gasteiger partial charge is 0.388 e. The zero-order chi connectivity index (χ0) is 8.15.